The minimum atomic E-state index is -3.85. The van der Waals surface area contributed by atoms with Gasteiger partial charge in [0.05, 0.1) is 11.8 Å². The zero-order chi connectivity index (χ0) is 20.1. The molecule has 1 spiro atoms. The molecule has 0 radical (unpaired) electrons. The van der Waals surface area contributed by atoms with Crippen molar-refractivity contribution in [2.75, 3.05) is 5.75 Å². The van der Waals surface area contributed by atoms with Gasteiger partial charge in [-0.2, -0.15) is 5.06 Å². The monoisotopic (exact) mass is 404 g/mol. The number of fused-ring (bicyclic) bond motifs is 2. The van der Waals surface area contributed by atoms with Crippen LogP contribution in [0.25, 0.3) is 0 Å². The highest BCUT2D eigenvalue weighted by atomic mass is 32.2. The van der Waals surface area contributed by atoms with E-state index < -0.39 is 33.6 Å². The molecule has 1 aromatic rings. The van der Waals surface area contributed by atoms with Crippen LogP contribution in [0.2, 0.25) is 0 Å². The van der Waals surface area contributed by atoms with Gasteiger partial charge >= 0.3 is 6.03 Å². The summed E-state index contributed by atoms with van der Waals surface area (Å²) in [6.45, 7) is 4.20. The fourth-order valence-electron chi connectivity index (χ4n) is 6.39. The van der Waals surface area contributed by atoms with Crippen molar-refractivity contribution in [2.45, 2.75) is 51.6 Å². The molecule has 1 heterocycles. The van der Waals surface area contributed by atoms with Gasteiger partial charge in [-0.3, -0.25) is 10.0 Å². The predicted molar refractivity (Wildman–Crippen MR) is 100 cm³/mol. The lowest BCUT2D eigenvalue weighted by Gasteiger charge is -2.37. The lowest BCUT2D eigenvalue weighted by atomic mass is 9.69. The number of ketones is 1. The third-order valence-electron chi connectivity index (χ3n) is 8.09. The van der Waals surface area contributed by atoms with Crippen molar-refractivity contribution in [1.29, 1.82) is 0 Å². The Hall–Kier alpha value is -1.93. The van der Waals surface area contributed by atoms with Crippen LogP contribution in [0.3, 0.4) is 0 Å². The number of hydroxylamine groups is 2. The minimum absolute atomic E-state index is 0.0629. The zero-order valence-electron chi connectivity index (χ0n) is 16.0. The molecule has 7 nitrogen and oxygen atoms in total. The fourth-order valence-corrected chi connectivity index (χ4v) is 8.89. The van der Waals surface area contributed by atoms with Crippen LogP contribution in [0.4, 0.5) is 4.79 Å². The maximum Gasteiger partial charge on any atom is 0.358 e. The summed E-state index contributed by atoms with van der Waals surface area (Å²) < 4.78 is 26.9. The normalized spacial score (nSPS) is 36.5. The number of benzene rings is 1. The van der Waals surface area contributed by atoms with E-state index in [0.717, 1.165) is 22.7 Å². The molecular formula is C20H24N2O5S. The van der Waals surface area contributed by atoms with Crippen LogP contribution < -0.4 is 0 Å². The van der Waals surface area contributed by atoms with E-state index in [1.54, 1.807) is 24.3 Å². The molecule has 3 aliphatic carbocycles. The first kappa shape index (κ1) is 18.1. The summed E-state index contributed by atoms with van der Waals surface area (Å²) in [5.41, 5.74) is 0.599. The fraction of sp³-hybridized carbons (Fsp3) is 0.600. The molecule has 4 aliphatic rings. The molecule has 150 valence electrons. The van der Waals surface area contributed by atoms with Crippen LogP contribution >= 0.6 is 0 Å². The van der Waals surface area contributed by atoms with E-state index in [1.807, 2.05) is 0 Å². The van der Waals surface area contributed by atoms with Crippen molar-refractivity contribution >= 4 is 21.8 Å². The van der Waals surface area contributed by atoms with Crippen molar-refractivity contribution < 1.29 is 23.2 Å². The molecule has 8 heteroatoms. The van der Waals surface area contributed by atoms with E-state index >= 15 is 0 Å². The summed E-state index contributed by atoms with van der Waals surface area (Å²) in [7, 11) is -3.85. The Kier molecular flexibility index (Phi) is 3.47. The van der Waals surface area contributed by atoms with E-state index in [2.05, 4.69) is 13.8 Å². The second kappa shape index (κ2) is 5.36. The van der Waals surface area contributed by atoms with Crippen molar-refractivity contribution in [2.24, 2.45) is 16.7 Å². The Labute approximate surface area is 164 Å². The Morgan fingerprint density at radius 1 is 1.29 bits per heavy atom. The predicted octanol–water partition coefficient (Wildman–Crippen LogP) is 2.45. The van der Waals surface area contributed by atoms with Gasteiger partial charge in [-0.15, -0.1) is 0 Å². The molecular weight excluding hydrogens is 380 g/mol. The molecule has 1 aliphatic heterocycles. The number of urea groups is 1. The first-order valence-corrected chi connectivity index (χ1v) is 11.4. The van der Waals surface area contributed by atoms with Crippen LogP contribution in [-0.2, 0) is 16.4 Å². The van der Waals surface area contributed by atoms with Crippen molar-refractivity contribution in [3.63, 3.8) is 0 Å². The SMILES string of the molecule is CC1(C)C2CCC13CS(=O)(=O)N(C(=O)N(O)[C@@H]1Cc4ccccc4C1=O)C3C2. The maximum atomic E-state index is 13.1. The summed E-state index contributed by atoms with van der Waals surface area (Å²) >= 11 is 0. The second-order valence-corrected chi connectivity index (χ2v) is 11.1. The number of carbonyl (C=O) groups is 2. The quantitative estimate of drug-likeness (QED) is 0.573. The van der Waals surface area contributed by atoms with Crippen molar-refractivity contribution in [1.82, 2.24) is 9.37 Å². The average molecular weight is 404 g/mol. The molecule has 2 bridgehead atoms. The van der Waals surface area contributed by atoms with Crippen LogP contribution in [0.15, 0.2) is 24.3 Å². The molecule has 2 amide bonds. The highest BCUT2D eigenvalue weighted by Gasteiger charge is 2.72. The number of hydrogen-bond acceptors (Lipinski definition) is 5. The molecule has 3 fully saturated rings. The third-order valence-corrected chi connectivity index (χ3v) is 9.98. The Morgan fingerprint density at radius 2 is 2.00 bits per heavy atom. The molecule has 2 saturated carbocycles. The first-order chi connectivity index (χ1) is 13.1. The van der Waals surface area contributed by atoms with Gasteiger partial charge in [-0.25, -0.2) is 17.5 Å². The van der Waals surface area contributed by atoms with Gasteiger partial charge in [0.25, 0.3) is 0 Å². The van der Waals surface area contributed by atoms with Gasteiger partial charge in [-0.1, -0.05) is 38.1 Å². The second-order valence-electron chi connectivity index (χ2n) is 9.29. The van der Waals surface area contributed by atoms with Gasteiger partial charge < -0.3 is 0 Å². The number of nitrogens with zero attached hydrogens (tertiary/aromatic N) is 2. The molecule has 1 N–H and O–H groups in total. The van der Waals surface area contributed by atoms with Crippen LogP contribution in [-0.4, -0.2) is 52.6 Å². The summed E-state index contributed by atoms with van der Waals surface area (Å²) in [6.07, 6.45) is 2.57. The molecule has 28 heavy (non-hydrogen) atoms. The lowest BCUT2D eigenvalue weighted by Crippen LogP contribution is -2.52. The first-order valence-electron chi connectivity index (χ1n) is 9.76. The van der Waals surface area contributed by atoms with E-state index in [0.29, 0.717) is 23.0 Å². The average Bonchev–Trinajstić information content (AvgIpc) is 3.25. The van der Waals surface area contributed by atoms with Gasteiger partial charge in [0.15, 0.2) is 5.78 Å². The molecule has 1 aromatic carbocycles. The number of Topliss-reactive ketones (excluding diaryl/α,β-unsaturated/α-hetero) is 1. The standard InChI is InChI=1S/C20H24N2O5S/c1-19(2)13-7-8-20(19)11-28(26,27)22(16(20)10-13)18(24)21(25)15-9-12-5-3-4-6-14(12)17(15)23/h3-6,13,15-16,25H,7-11H2,1-2H3/t13?,15-,16?,20?/m1/s1. The number of hydrogen-bond donors (Lipinski definition) is 1. The van der Waals surface area contributed by atoms with E-state index in [-0.39, 0.29) is 23.4 Å². The molecule has 0 aromatic heterocycles. The van der Waals surface area contributed by atoms with Crippen LogP contribution in [0.1, 0.15) is 49.0 Å². The van der Waals surface area contributed by atoms with Crippen molar-refractivity contribution in [3.8, 4) is 0 Å². The molecule has 1 saturated heterocycles. The van der Waals surface area contributed by atoms with Gasteiger partial charge in [-0.05, 0) is 36.2 Å². The lowest BCUT2D eigenvalue weighted by molar-refractivity contribution is -0.0755. The van der Waals surface area contributed by atoms with Crippen LogP contribution in [0, 0.1) is 16.7 Å². The van der Waals surface area contributed by atoms with Gasteiger partial charge in [0.2, 0.25) is 10.0 Å². The summed E-state index contributed by atoms with van der Waals surface area (Å²) in [5, 5.41) is 11.0. The number of amides is 2. The Morgan fingerprint density at radius 3 is 2.68 bits per heavy atom. The van der Waals surface area contributed by atoms with E-state index in [4.69, 9.17) is 0 Å². The number of carbonyl (C=O) groups excluding carboxylic acids is 2. The molecule has 4 atom stereocenters. The zero-order valence-corrected chi connectivity index (χ0v) is 16.8. The summed E-state index contributed by atoms with van der Waals surface area (Å²) in [6, 6.07) is 4.47. The smallest absolute Gasteiger partial charge is 0.292 e. The van der Waals surface area contributed by atoms with Crippen molar-refractivity contribution in [3.05, 3.63) is 35.4 Å². The maximum absolute atomic E-state index is 13.1. The summed E-state index contributed by atoms with van der Waals surface area (Å²) in [4.78, 5) is 25.8. The Balaban J connectivity index is 1.47. The highest BCUT2D eigenvalue weighted by molar-refractivity contribution is 7.90. The van der Waals surface area contributed by atoms with E-state index in [1.165, 1.54) is 0 Å². The third kappa shape index (κ3) is 2.00. The number of rotatable bonds is 1. The van der Waals surface area contributed by atoms with E-state index in [9.17, 15) is 23.2 Å². The topological polar surface area (TPSA) is 95.0 Å². The van der Waals surface area contributed by atoms with Gasteiger partial charge in [0.1, 0.15) is 6.04 Å². The molecule has 5 rings (SSSR count). The summed E-state index contributed by atoms with van der Waals surface area (Å²) in [5.74, 6) is -0.0501. The van der Waals surface area contributed by atoms with Gasteiger partial charge in [0, 0.05) is 17.4 Å². The Bertz CT molecular complexity index is 1000. The minimum Gasteiger partial charge on any atom is -0.292 e. The number of sulfonamides is 1. The largest absolute Gasteiger partial charge is 0.358 e. The molecule has 3 unspecified atom stereocenters. The highest BCUT2D eigenvalue weighted by Crippen LogP contribution is 2.70. The van der Waals surface area contributed by atoms with Crippen LogP contribution in [0.5, 0.6) is 0 Å².